The van der Waals surface area contributed by atoms with Crippen LogP contribution in [0.3, 0.4) is 0 Å². The van der Waals surface area contributed by atoms with E-state index in [0.29, 0.717) is 16.3 Å². The van der Waals surface area contributed by atoms with Gasteiger partial charge in [-0.05, 0) is 24.3 Å². The molecule has 0 atom stereocenters. The van der Waals surface area contributed by atoms with Gasteiger partial charge in [0, 0.05) is 22.5 Å². The average molecular weight is 401 g/mol. The topological polar surface area (TPSA) is 93.1 Å². The first-order valence-corrected chi connectivity index (χ1v) is 8.09. The standard InChI is InChI=1S/C17H13BrN4O3/c1-22-17(25)13-8-3-2-7-12(13)14(21-22)16(24)20-19-15(23)10-5-4-6-11(18)9-10/h2-9H,1H3,(H,19,23)(H,20,24). The Morgan fingerprint density at radius 3 is 2.40 bits per heavy atom. The van der Waals surface area contributed by atoms with E-state index in [9.17, 15) is 14.4 Å². The molecule has 2 N–H and O–H groups in total. The van der Waals surface area contributed by atoms with Crippen LogP contribution in [0.1, 0.15) is 20.8 Å². The van der Waals surface area contributed by atoms with E-state index in [2.05, 4.69) is 31.9 Å². The number of hydrogen-bond donors (Lipinski definition) is 2. The lowest BCUT2D eigenvalue weighted by molar-refractivity contribution is 0.0844. The van der Waals surface area contributed by atoms with Gasteiger partial charge in [-0.15, -0.1) is 0 Å². The number of hydrogen-bond acceptors (Lipinski definition) is 4. The van der Waals surface area contributed by atoms with Crippen LogP contribution < -0.4 is 16.4 Å². The van der Waals surface area contributed by atoms with Crippen LogP contribution in [0.15, 0.2) is 57.8 Å². The van der Waals surface area contributed by atoms with Crippen LogP contribution in [-0.4, -0.2) is 21.6 Å². The molecule has 0 aliphatic heterocycles. The molecule has 0 saturated heterocycles. The Hall–Kier alpha value is -3.00. The lowest BCUT2D eigenvalue weighted by Gasteiger charge is -2.10. The van der Waals surface area contributed by atoms with E-state index >= 15 is 0 Å². The normalized spacial score (nSPS) is 10.5. The number of hydrazine groups is 1. The van der Waals surface area contributed by atoms with Crippen molar-refractivity contribution < 1.29 is 9.59 Å². The zero-order valence-corrected chi connectivity index (χ0v) is 14.7. The van der Waals surface area contributed by atoms with Gasteiger partial charge in [-0.1, -0.05) is 40.2 Å². The van der Waals surface area contributed by atoms with Crippen LogP contribution in [0.2, 0.25) is 0 Å². The van der Waals surface area contributed by atoms with Gasteiger partial charge in [0.05, 0.1) is 5.39 Å². The van der Waals surface area contributed by atoms with E-state index < -0.39 is 11.8 Å². The smallest absolute Gasteiger partial charge is 0.267 e. The third-order valence-electron chi connectivity index (χ3n) is 3.55. The maximum atomic E-state index is 12.4. The largest absolute Gasteiger partial charge is 0.290 e. The molecule has 1 aromatic heterocycles. The summed E-state index contributed by atoms with van der Waals surface area (Å²) in [5.41, 5.74) is 4.79. The van der Waals surface area contributed by atoms with Gasteiger partial charge < -0.3 is 0 Å². The van der Waals surface area contributed by atoms with Gasteiger partial charge in [-0.2, -0.15) is 5.10 Å². The number of nitrogens with zero attached hydrogens (tertiary/aromatic N) is 2. The highest BCUT2D eigenvalue weighted by molar-refractivity contribution is 9.10. The zero-order chi connectivity index (χ0) is 18.0. The Balaban J connectivity index is 1.85. The van der Waals surface area contributed by atoms with Crippen molar-refractivity contribution in [3.8, 4) is 0 Å². The van der Waals surface area contributed by atoms with Crippen LogP contribution in [-0.2, 0) is 7.05 Å². The molecule has 3 aromatic rings. The third kappa shape index (κ3) is 3.43. The summed E-state index contributed by atoms with van der Waals surface area (Å²) in [6.07, 6.45) is 0. The molecule has 0 radical (unpaired) electrons. The Morgan fingerprint density at radius 1 is 1.00 bits per heavy atom. The van der Waals surface area contributed by atoms with Crippen molar-refractivity contribution >= 4 is 38.5 Å². The minimum atomic E-state index is -0.616. The highest BCUT2D eigenvalue weighted by Gasteiger charge is 2.16. The molecule has 0 unspecified atom stereocenters. The fourth-order valence-corrected chi connectivity index (χ4v) is 2.74. The minimum absolute atomic E-state index is 0.0484. The summed E-state index contributed by atoms with van der Waals surface area (Å²) < 4.78 is 1.84. The highest BCUT2D eigenvalue weighted by atomic mass is 79.9. The van der Waals surface area contributed by atoms with Crippen molar-refractivity contribution in [2.75, 3.05) is 0 Å². The molecule has 0 fully saturated rings. The van der Waals surface area contributed by atoms with Gasteiger partial charge in [-0.25, -0.2) is 4.68 Å². The highest BCUT2D eigenvalue weighted by Crippen LogP contribution is 2.13. The summed E-state index contributed by atoms with van der Waals surface area (Å²) in [4.78, 5) is 36.6. The molecule has 3 rings (SSSR count). The number of aryl methyl sites for hydroxylation is 1. The third-order valence-corrected chi connectivity index (χ3v) is 4.04. The van der Waals surface area contributed by atoms with Gasteiger partial charge in [0.15, 0.2) is 5.69 Å². The van der Waals surface area contributed by atoms with Crippen molar-refractivity contribution in [3.63, 3.8) is 0 Å². The molecule has 0 saturated carbocycles. The molecule has 2 aromatic carbocycles. The molecular weight excluding hydrogens is 388 g/mol. The van der Waals surface area contributed by atoms with Gasteiger partial charge >= 0.3 is 0 Å². The molecule has 1 heterocycles. The summed E-state index contributed by atoms with van der Waals surface area (Å²) in [7, 11) is 1.46. The number of fused-ring (bicyclic) bond motifs is 1. The second kappa shape index (κ2) is 6.86. The molecule has 7 nitrogen and oxygen atoms in total. The number of aromatic nitrogens is 2. The molecule has 0 bridgehead atoms. The van der Waals surface area contributed by atoms with Gasteiger partial charge in [0.25, 0.3) is 17.4 Å². The van der Waals surface area contributed by atoms with Crippen molar-refractivity contribution in [1.82, 2.24) is 20.6 Å². The lowest BCUT2D eigenvalue weighted by Crippen LogP contribution is -2.42. The molecule has 0 aliphatic carbocycles. The summed E-state index contributed by atoms with van der Waals surface area (Å²) in [5.74, 6) is -1.08. The first-order chi connectivity index (χ1) is 12.0. The fraction of sp³-hybridized carbons (Fsp3) is 0.0588. The zero-order valence-electron chi connectivity index (χ0n) is 13.1. The summed E-state index contributed by atoms with van der Waals surface area (Å²) in [5, 5.41) is 4.79. The van der Waals surface area contributed by atoms with E-state index in [-0.39, 0.29) is 11.3 Å². The Morgan fingerprint density at radius 2 is 1.68 bits per heavy atom. The molecular formula is C17H13BrN4O3. The Kier molecular flexibility index (Phi) is 4.62. The number of halogens is 1. The van der Waals surface area contributed by atoms with E-state index in [1.807, 2.05) is 0 Å². The van der Waals surface area contributed by atoms with Crippen LogP contribution in [0.4, 0.5) is 0 Å². The van der Waals surface area contributed by atoms with Crippen LogP contribution in [0, 0.1) is 0 Å². The summed E-state index contributed by atoms with van der Waals surface area (Å²) in [6, 6.07) is 13.4. The number of benzene rings is 2. The van der Waals surface area contributed by atoms with Crippen LogP contribution in [0.25, 0.3) is 10.8 Å². The molecule has 0 spiro atoms. The first-order valence-electron chi connectivity index (χ1n) is 7.29. The summed E-state index contributed by atoms with van der Waals surface area (Å²) >= 11 is 3.28. The molecule has 126 valence electrons. The first kappa shape index (κ1) is 16.8. The predicted molar refractivity (Wildman–Crippen MR) is 96.1 cm³/mol. The van der Waals surface area contributed by atoms with E-state index in [0.717, 1.165) is 9.15 Å². The van der Waals surface area contributed by atoms with Crippen molar-refractivity contribution in [2.24, 2.45) is 7.05 Å². The maximum Gasteiger partial charge on any atom is 0.290 e. The minimum Gasteiger partial charge on any atom is -0.267 e. The SMILES string of the molecule is Cn1nc(C(=O)NNC(=O)c2cccc(Br)c2)c2ccccc2c1=O. The second-order valence-corrected chi connectivity index (χ2v) is 6.16. The number of carbonyl (C=O) groups is 2. The number of rotatable bonds is 2. The van der Waals surface area contributed by atoms with E-state index in [1.165, 1.54) is 7.05 Å². The fourth-order valence-electron chi connectivity index (χ4n) is 2.34. The summed E-state index contributed by atoms with van der Waals surface area (Å²) in [6.45, 7) is 0. The van der Waals surface area contributed by atoms with Crippen molar-refractivity contribution in [3.05, 3.63) is 74.6 Å². The van der Waals surface area contributed by atoms with Gasteiger partial charge in [-0.3, -0.25) is 25.2 Å². The van der Waals surface area contributed by atoms with E-state index in [1.54, 1.807) is 48.5 Å². The molecule has 2 amide bonds. The number of amides is 2. The van der Waals surface area contributed by atoms with E-state index in [4.69, 9.17) is 0 Å². The lowest BCUT2D eigenvalue weighted by atomic mass is 10.1. The van der Waals surface area contributed by atoms with Crippen LogP contribution >= 0.6 is 15.9 Å². The van der Waals surface area contributed by atoms with Crippen LogP contribution in [0.5, 0.6) is 0 Å². The monoisotopic (exact) mass is 400 g/mol. The van der Waals surface area contributed by atoms with Crippen molar-refractivity contribution in [2.45, 2.75) is 0 Å². The predicted octanol–water partition coefficient (Wildman–Crippen LogP) is 1.77. The maximum absolute atomic E-state index is 12.4. The Labute approximate surface area is 150 Å². The quantitative estimate of drug-likeness (QED) is 0.641. The molecule has 8 heteroatoms. The van der Waals surface area contributed by atoms with Crippen molar-refractivity contribution in [1.29, 1.82) is 0 Å². The van der Waals surface area contributed by atoms with Gasteiger partial charge in [0.1, 0.15) is 0 Å². The average Bonchev–Trinajstić information content (AvgIpc) is 2.62. The number of carbonyl (C=O) groups excluding carboxylic acids is 2. The van der Waals surface area contributed by atoms with Gasteiger partial charge in [0.2, 0.25) is 0 Å². The Bertz CT molecular complexity index is 1050. The second-order valence-electron chi connectivity index (χ2n) is 5.24. The molecule has 0 aliphatic rings. The number of nitrogens with one attached hydrogen (secondary N) is 2. The molecule has 25 heavy (non-hydrogen) atoms.